The third-order valence-electron chi connectivity index (χ3n) is 3.87. The molecule has 0 radical (unpaired) electrons. The Labute approximate surface area is 158 Å². The third-order valence-corrected chi connectivity index (χ3v) is 5.78. The summed E-state index contributed by atoms with van der Waals surface area (Å²) >= 11 is 3.08. The number of aromatic nitrogens is 1. The van der Waals surface area contributed by atoms with Crippen molar-refractivity contribution in [2.45, 2.75) is 13.3 Å². The number of thiazole rings is 1. The topological polar surface area (TPSA) is 60.5 Å². The van der Waals surface area contributed by atoms with E-state index in [-0.39, 0.29) is 12.7 Å². The van der Waals surface area contributed by atoms with Gasteiger partial charge in [-0.05, 0) is 42.1 Å². The fourth-order valence-electron chi connectivity index (χ4n) is 2.57. The number of aryl methyl sites for hydroxylation is 1. The average Bonchev–Trinajstić information content (AvgIpc) is 3.35. The molecule has 26 heavy (non-hydrogen) atoms. The van der Waals surface area contributed by atoms with Gasteiger partial charge in [0.25, 0.3) is 0 Å². The number of hydrogen-bond acceptors (Lipinski definition) is 6. The van der Waals surface area contributed by atoms with Crippen LogP contribution in [0.4, 0.5) is 5.13 Å². The molecule has 0 fully saturated rings. The summed E-state index contributed by atoms with van der Waals surface area (Å²) < 4.78 is 10.8. The van der Waals surface area contributed by atoms with Gasteiger partial charge in [0, 0.05) is 22.3 Å². The molecule has 0 saturated carbocycles. The number of thiophene rings is 1. The largest absolute Gasteiger partial charge is 0.454 e. The van der Waals surface area contributed by atoms with E-state index in [1.54, 1.807) is 17.4 Å². The molecule has 7 heteroatoms. The molecule has 1 aromatic carbocycles. The Hall–Kier alpha value is -2.64. The number of anilines is 1. The van der Waals surface area contributed by atoms with E-state index in [1.165, 1.54) is 17.4 Å². The van der Waals surface area contributed by atoms with Gasteiger partial charge in [0.05, 0.1) is 5.69 Å². The molecular formula is C19H16N2O3S2. The molecule has 0 saturated heterocycles. The summed E-state index contributed by atoms with van der Waals surface area (Å²) in [7, 11) is 0. The van der Waals surface area contributed by atoms with E-state index in [1.807, 2.05) is 42.6 Å². The van der Waals surface area contributed by atoms with Crippen molar-refractivity contribution in [3.8, 4) is 11.5 Å². The van der Waals surface area contributed by atoms with Gasteiger partial charge in [0.2, 0.25) is 12.7 Å². The van der Waals surface area contributed by atoms with Gasteiger partial charge in [0.1, 0.15) is 0 Å². The summed E-state index contributed by atoms with van der Waals surface area (Å²) in [6, 6.07) is 9.85. The number of benzene rings is 1. The van der Waals surface area contributed by atoms with E-state index >= 15 is 0 Å². The number of amides is 1. The van der Waals surface area contributed by atoms with Crippen LogP contribution in [-0.2, 0) is 11.2 Å². The van der Waals surface area contributed by atoms with Gasteiger partial charge in [-0.2, -0.15) is 0 Å². The van der Waals surface area contributed by atoms with Gasteiger partial charge in [-0.1, -0.05) is 12.1 Å². The van der Waals surface area contributed by atoms with E-state index < -0.39 is 0 Å². The zero-order chi connectivity index (χ0) is 17.9. The maximum absolute atomic E-state index is 12.1. The Kier molecular flexibility index (Phi) is 4.73. The standard InChI is InChI=1S/C19H16N2O3S2/c1-12-17(10-13-4-6-15-16(9-13)24-11-23-15)26-19(20-12)21-18(22)7-5-14-3-2-8-25-14/h2-9H,10-11H2,1H3,(H,20,21,22)/b7-5+. The predicted octanol–water partition coefficient (Wildman–Crippen LogP) is 4.48. The molecule has 2 aromatic heterocycles. The highest BCUT2D eigenvalue weighted by Gasteiger charge is 2.15. The molecule has 5 nitrogen and oxygen atoms in total. The average molecular weight is 384 g/mol. The van der Waals surface area contributed by atoms with Gasteiger partial charge in [0.15, 0.2) is 16.6 Å². The van der Waals surface area contributed by atoms with Crippen LogP contribution >= 0.6 is 22.7 Å². The van der Waals surface area contributed by atoms with E-state index in [2.05, 4.69) is 10.3 Å². The highest BCUT2D eigenvalue weighted by atomic mass is 32.1. The number of rotatable bonds is 5. The fourth-order valence-corrected chi connectivity index (χ4v) is 4.19. The maximum atomic E-state index is 12.1. The first-order valence-electron chi connectivity index (χ1n) is 8.05. The summed E-state index contributed by atoms with van der Waals surface area (Å²) in [6.45, 7) is 2.23. The Balaban J connectivity index is 1.43. The number of ether oxygens (including phenoxy) is 2. The van der Waals surface area contributed by atoms with Crippen LogP contribution in [0.2, 0.25) is 0 Å². The molecule has 1 aliphatic rings. The van der Waals surface area contributed by atoms with Crippen LogP contribution in [-0.4, -0.2) is 17.7 Å². The Morgan fingerprint density at radius 1 is 1.31 bits per heavy atom. The minimum absolute atomic E-state index is 0.179. The number of carbonyl (C=O) groups is 1. The maximum Gasteiger partial charge on any atom is 0.250 e. The van der Waals surface area contributed by atoms with Crippen LogP contribution in [0.3, 0.4) is 0 Å². The van der Waals surface area contributed by atoms with Crippen molar-refractivity contribution in [3.63, 3.8) is 0 Å². The molecule has 0 unspecified atom stereocenters. The van der Waals surface area contributed by atoms with Crippen molar-refractivity contribution in [1.29, 1.82) is 0 Å². The monoisotopic (exact) mass is 384 g/mol. The Morgan fingerprint density at radius 2 is 2.19 bits per heavy atom. The van der Waals surface area contributed by atoms with Crippen molar-refractivity contribution < 1.29 is 14.3 Å². The van der Waals surface area contributed by atoms with Crippen molar-refractivity contribution in [2.75, 3.05) is 12.1 Å². The van der Waals surface area contributed by atoms with E-state index in [9.17, 15) is 4.79 Å². The molecule has 132 valence electrons. The van der Waals surface area contributed by atoms with Crippen LogP contribution in [0.5, 0.6) is 11.5 Å². The summed E-state index contributed by atoms with van der Waals surface area (Å²) in [4.78, 5) is 18.7. The second kappa shape index (κ2) is 7.31. The molecule has 0 atom stereocenters. The quantitative estimate of drug-likeness (QED) is 0.659. The molecular weight excluding hydrogens is 368 g/mol. The molecule has 3 aromatic rings. The number of fused-ring (bicyclic) bond motifs is 1. The van der Waals surface area contributed by atoms with Crippen molar-refractivity contribution in [1.82, 2.24) is 4.98 Å². The van der Waals surface area contributed by atoms with E-state index in [4.69, 9.17) is 9.47 Å². The van der Waals surface area contributed by atoms with Crippen LogP contribution in [0.1, 0.15) is 21.0 Å². The number of carbonyl (C=O) groups excluding carboxylic acids is 1. The zero-order valence-electron chi connectivity index (χ0n) is 14.0. The lowest BCUT2D eigenvalue weighted by molar-refractivity contribution is -0.111. The summed E-state index contributed by atoms with van der Waals surface area (Å²) in [6.07, 6.45) is 4.06. The van der Waals surface area contributed by atoms with E-state index in [0.717, 1.165) is 38.9 Å². The predicted molar refractivity (Wildman–Crippen MR) is 104 cm³/mol. The molecule has 1 N–H and O–H groups in total. The lowest BCUT2D eigenvalue weighted by Gasteiger charge is -2.02. The van der Waals surface area contributed by atoms with Crippen LogP contribution in [0, 0.1) is 6.92 Å². The van der Waals surface area contributed by atoms with Gasteiger partial charge in [-0.3, -0.25) is 10.1 Å². The Bertz CT molecular complexity index is 961. The summed E-state index contributed by atoms with van der Waals surface area (Å²) in [5.41, 5.74) is 2.04. The molecule has 1 amide bonds. The van der Waals surface area contributed by atoms with Gasteiger partial charge < -0.3 is 9.47 Å². The highest BCUT2D eigenvalue weighted by molar-refractivity contribution is 7.16. The SMILES string of the molecule is Cc1nc(NC(=O)/C=C/c2cccs2)sc1Cc1ccc2c(c1)OCO2. The van der Waals surface area contributed by atoms with Crippen LogP contribution in [0.15, 0.2) is 41.8 Å². The van der Waals surface area contributed by atoms with Crippen molar-refractivity contribution in [3.05, 3.63) is 62.8 Å². The van der Waals surface area contributed by atoms with Gasteiger partial charge in [-0.25, -0.2) is 4.98 Å². The number of nitrogens with one attached hydrogen (secondary N) is 1. The molecule has 3 heterocycles. The first-order valence-corrected chi connectivity index (χ1v) is 9.74. The smallest absolute Gasteiger partial charge is 0.250 e. The molecule has 1 aliphatic heterocycles. The number of nitrogens with zero attached hydrogens (tertiary/aromatic N) is 1. The first-order chi connectivity index (χ1) is 12.7. The lowest BCUT2D eigenvalue weighted by Crippen LogP contribution is -2.07. The molecule has 0 bridgehead atoms. The molecule has 0 spiro atoms. The zero-order valence-corrected chi connectivity index (χ0v) is 15.7. The van der Waals surface area contributed by atoms with Crippen molar-refractivity contribution >= 4 is 39.8 Å². The van der Waals surface area contributed by atoms with Crippen molar-refractivity contribution in [2.24, 2.45) is 0 Å². The van der Waals surface area contributed by atoms with Gasteiger partial charge in [-0.15, -0.1) is 22.7 Å². The Morgan fingerprint density at radius 3 is 3.04 bits per heavy atom. The van der Waals surface area contributed by atoms with Gasteiger partial charge >= 0.3 is 0 Å². The highest BCUT2D eigenvalue weighted by Crippen LogP contribution is 2.34. The number of hydrogen-bond donors (Lipinski definition) is 1. The van der Waals surface area contributed by atoms with Crippen LogP contribution in [0.25, 0.3) is 6.08 Å². The van der Waals surface area contributed by atoms with Crippen LogP contribution < -0.4 is 14.8 Å². The summed E-state index contributed by atoms with van der Waals surface area (Å²) in [5, 5.41) is 5.42. The third kappa shape index (κ3) is 3.79. The normalized spacial score (nSPS) is 12.7. The lowest BCUT2D eigenvalue weighted by atomic mass is 10.1. The first kappa shape index (κ1) is 16.8. The second-order valence-corrected chi connectivity index (χ2v) is 7.79. The second-order valence-electron chi connectivity index (χ2n) is 5.73. The fraction of sp³-hybridized carbons (Fsp3) is 0.158. The summed E-state index contributed by atoms with van der Waals surface area (Å²) in [5.74, 6) is 1.37. The minimum atomic E-state index is -0.179. The molecule has 4 rings (SSSR count). The molecule has 0 aliphatic carbocycles. The van der Waals surface area contributed by atoms with E-state index in [0.29, 0.717) is 5.13 Å². The minimum Gasteiger partial charge on any atom is -0.454 e.